The van der Waals surface area contributed by atoms with E-state index in [9.17, 15) is 0 Å². The molecule has 4 aromatic rings. The number of aryl methyl sites for hydroxylation is 1. The zero-order valence-corrected chi connectivity index (χ0v) is 12.7. The molecule has 3 heteroatoms. The van der Waals surface area contributed by atoms with Gasteiger partial charge in [0.2, 0.25) is 0 Å². The second kappa shape index (κ2) is 4.95. The van der Waals surface area contributed by atoms with Crippen molar-refractivity contribution in [2.24, 2.45) is 0 Å². The molecule has 2 N–H and O–H groups in total. The molecule has 2 aromatic heterocycles. The van der Waals surface area contributed by atoms with Crippen LogP contribution in [-0.2, 0) is 6.42 Å². The lowest BCUT2D eigenvalue weighted by atomic mass is 10.1. The average molecular weight is 290 g/mol. The monoisotopic (exact) mass is 290 g/mol. The van der Waals surface area contributed by atoms with Crippen LogP contribution in [0.1, 0.15) is 12.5 Å². The van der Waals surface area contributed by atoms with Crippen molar-refractivity contribution >= 4 is 21.8 Å². The van der Waals surface area contributed by atoms with Gasteiger partial charge in [-0.25, -0.2) is 0 Å². The maximum absolute atomic E-state index is 5.29. The van der Waals surface area contributed by atoms with Gasteiger partial charge in [0.05, 0.1) is 18.5 Å². The number of benzene rings is 2. The summed E-state index contributed by atoms with van der Waals surface area (Å²) in [7, 11) is 1.69. The van der Waals surface area contributed by atoms with E-state index in [0.29, 0.717) is 0 Å². The molecular formula is C19H18N2O. The Morgan fingerprint density at radius 3 is 2.36 bits per heavy atom. The molecule has 0 amide bonds. The third-order valence-electron chi connectivity index (χ3n) is 4.21. The van der Waals surface area contributed by atoms with Crippen molar-refractivity contribution in [3.05, 3.63) is 54.1 Å². The number of rotatable bonds is 3. The van der Waals surface area contributed by atoms with Gasteiger partial charge in [-0.1, -0.05) is 19.1 Å². The molecule has 0 bridgehead atoms. The van der Waals surface area contributed by atoms with E-state index in [1.807, 2.05) is 12.1 Å². The molecule has 0 unspecified atom stereocenters. The lowest BCUT2D eigenvalue weighted by Gasteiger charge is -1.97. The number of aromatic nitrogens is 2. The van der Waals surface area contributed by atoms with E-state index in [2.05, 4.69) is 53.3 Å². The molecule has 0 aliphatic heterocycles. The first-order valence-electron chi connectivity index (χ1n) is 7.55. The number of nitrogens with one attached hydrogen (secondary N) is 2. The molecule has 22 heavy (non-hydrogen) atoms. The normalized spacial score (nSPS) is 11.4. The van der Waals surface area contributed by atoms with Gasteiger partial charge >= 0.3 is 0 Å². The van der Waals surface area contributed by atoms with Crippen LogP contribution in [0.2, 0.25) is 0 Å². The standard InChI is InChI=1S/C19H18N2O/c1-3-12-4-5-13-10-18(21-17(13)8-12)19-11-14-9-15(22-2)6-7-16(14)20-19/h4-11,20-21H,3H2,1-2H3. The molecule has 4 rings (SSSR count). The SMILES string of the molecule is CCc1ccc2cc(-c3cc4cc(OC)ccc4[nH]3)[nH]c2c1. The third kappa shape index (κ3) is 2.06. The highest BCUT2D eigenvalue weighted by Gasteiger charge is 2.08. The van der Waals surface area contributed by atoms with Gasteiger partial charge in [0.1, 0.15) is 5.75 Å². The van der Waals surface area contributed by atoms with Crippen molar-refractivity contribution in [3.63, 3.8) is 0 Å². The minimum absolute atomic E-state index is 0.877. The van der Waals surface area contributed by atoms with Gasteiger partial charge < -0.3 is 14.7 Å². The highest BCUT2D eigenvalue weighted by molar-refractivity contribution is 5.90. The van der Waals surface area contributed by atoms with Crippen molar-refractivity contribution in [1.82, 2.24) is 9.97 Å². The van der Waals surface area contributed by atoms with Crippen molar-refractivity contribution in [2.45, 2.75) is 13.3 Å². The van der Waals surface area contributed by atoms with Crippen LogP contribution in [0.25, 0.3) is 33.2 Å². The Morgan fingerprint density at radius 1 is 0.818 bits per heavy atom. The van der Waals surface area contributed by atoms with E-state index in [1.165, 1.54) is 16.5 Å². The van der Waals surface area contributed by atoms with Crippen LogP contribution < -0.4 is 4.74 Å². The van der Waals surface area contributed by atoms with Crippen molar-refractivity contribution in [1.29, 1.82) is 0 Å². The summed E-state index contributed by atoms with van der Waals surface area (Å²) in [4.78, 5) is 6.98. The minimum Gasteiger partial charge on any atom is -0.497 e. The van der Waals surface area contributed by atoms with E-state index < -0.39 is 0 Å². The lowest BCUT2D eigenvalue weighted by molar-refractivity contribution is 0.415. The predicted molar refractivity (Wildman–Crippen MR) is 91.5 cm³/mol. The highest BCUT2D eigenvalue weighted by Crippen LogP contribution is 2.29. The van der Waals surface area contributed by atoms with Gasteiger partial charge in [0.15, 0.2) is 0 Å². The Balaban J connectivity index is 1.83. The fourth-order valence-corrected chi connectivity index (χ4v) is 2.92. The van der Waals surface area contributed by atoms with E-state index >= 15 is 0 Å². The summed E-state index contributed by atoms with van der Waals surface area (Å²) in [6.07, 6.45) is 1.05. The molecule has 0 saturated carbocycles. The second-order valence-corrected chi connectivity index (χ2v) is 5.59. The van der Waals surface area contributed by atoms with Gasteiger partial charge in [0.25, 0.3) is 0 Å². The van der Waals surface area contributed by atoms with Gasteiger partial charge in [0, 0.05) is 21.8 Å². The van der Waals surface area contributed by atoms with Crippen molar-refractivity contribution in [3.8, 4) is 17.1 Å². The fourth-order valence-electron chi connectivity index (χ4n) is 2.92. The molecule has 110 valence electrons. The van der Waals surface area contributed by atoms with E-state index in [4.69, 9.17) is 4.74 Å². The highest BCUT2D eigenvalue weighted by atomic mass is 16.5. The minimum atomic E-state index is 0.877. The number of methoxy groups -OCH3 is 1. The van der Waals surface area contributed by atoms with E-state index in [1.54, 1.807) is 7.11 Å². The van der Waals surface area contributed by atoms with Gasteiger partial charge in [-0.2, -0.15) is 0 Å². The fraction of sp³-hybridized carbons (Fsp3) is 0.158. The van der Waals surface area contributed by atoms with Crippen LogP contribution >= 0.6 is 0 Å². The largest absolute Gasteiger partial charge is 0.497 e. The molecule has 0 fully saturated rings. The molecule has 3 nitrogen and oxygen atoms in total. The Morgan fingerprint density at radius 2 is 1.59 bits per heavy atom. The van der Waals surface area contributed by atoms with Crippen LogP contribution in [0.5, 0.6) is 5.75 Å². The molecule has 0 aliphatic rings. The molecule has 2 heterocycles. The number of ether oxygens (including phenoxy) is 1. The molecule has 0 spiro atoms. The number of aromatic amines is 2. The summed E-state index contributed by atoms with van der Waals surface area (Å²) in [6, 6.07) is 17.0. The van der Waals surface area contributed by atoms with E-state index in [0.717, 1.165) is 34.5 Å². The summed E-state index contributed by atoms with van der Waals surface area (Å²) in [6.45, 7) is 2.18. The van der Waals surface area contributed by atoms with Crippen LogP contribution in [0.4, 0.5) is 0 Å². The van der Waals surface area contributed by atoms with Crippen LogP contribution in [0.15, 0.2) is 48.5 Å². The van der Waals surface area contributed by atoms with Crippen molar-refractivity contribution < 1.29 is 4.74 Å². The number of hydrogen-bond acceptors (Lipinski definition) is 1. The Bertz CT molecular complexity index is 882. The summed E-state index contributed by atoms with van der Waals surface area (Å²) in [5.41, 5.74) is 5.85. The zero-order chi connectivity index (χ0) is 15.1. The quantitative estimate of drug-likeness (QED) is 0.554. The first kappa shape index (κ1) is 13.0. The van der Waals surface area contributed by atoms with Crippen LogP contribution in [0.3, 0.4) is 0 Å². The Kier molecular flexibility index (Phi) is 2.93. The van der Waals surface area contributed by atoms with Gasteiger partial charge in [-0.15, -0.1) is 0 Å². The molecule has 0 saturated heterocycles. The first-order chi connectivity index (χ1) is 10.8. The summed E-state index contributed by atoms with van der Waals surface area (Å²) in [5, 5.41) is 2.39. The molecule has 2 aromatic carbocycles. The lowest BCUT2D eigenvalue weighted by Crippen LogP contribution is -1.80. The van der Waals surface area contributed by atoms with Gasteiger partial charge in [-0.3, -0.25) is 0 Å². The summed E-state index contributed by atoms with van der Waals surface area (Å²) < 4.78 is 5.29. The number of fused-ring (bicyclic) bond motifs is 2. The Hall–Kier alpha value is -2.68. The molecule has 0 aliphatic carbocycles. The van der Waals surface area contributed by atoms with Crippen LogP contribution in [0, 0.1) is 0 Å². The average Bonchev–Trinajstić information content (AvgIpc) is 3.16. The number of H-pyrrole nitrogens is 2. The summed E-state index contributed by atoms with van der Waals surface area (Å²) in [5.74, 6) is 0.877. The number of hydrogen-bond donors (Lipinski definition) is 2. The van der Waals surface area contributed by atoms with Crippen LogP contribution in [-0.4, -0.2) is 17.1 Å². The van der Waals surface area contributed by atoms with Gasteiger partial charge in [-0.05, 0) is 48.4 Å². The van der Waals surface area contributed by atoms with E-state index in [-0.39, 0.29) is 0 Å². The van der Waals surface area contributed by atoms with Crippen molar-refractivity contribution in [2.75, 3.05) is 7.11 Å². The topological polar surface area (TPSA) is 40.8 Å². The predicted octanol–water partition coefficient (Wildman–Crippen LogP) is 4.89. The second-order valence-electron chi connectivity index (χ2n) is 5.59. The Labute approximate surface area is 128 Å². The first-order valence-corrected chi connectivity index (χ1v) is 7.55. The summed E-state index contributed by atoms with van der Waals surface area (Å²) >= 11 is 0. The maximum Gasteiger partial charge on any atom is 0.119 e. The third-order valence-corrected chi connectivity index (χ3v) is 4.21. The smallest absolute Gasteiger partial charge is 0.119 e. The molecular weight excluding hydrogens is 272 g/mol. The molecule has 0 radical (unpaired) electrons. The molecule has 0 atom stereocenters. The maximum atomic E-state index is 5.29. The zero-order valence-electron chi connectivity index (χ0n) is 12.7.